The molecule has 0 saturated heterocycles. The molecule has 0 radical (unpaired) electrons. The molecule has 4 nitrogen and oxygen atoms in total. The number of hydrogen-bond acceptors (Lipinski definition) is 2. The summed E-state index contributed by atoms with van der Waals surface area (Å²) >= 11 is 3.43. The van der Waals surface area contributed by atoms with Crippen LogP contribution in [-0.2, 0) is 16.0 Å². The van der Waals surface area contributed by atoms with Gasteiger partial charge in [0.25, 0.3) is 0 Å². The molecule has 1 heterocycles. The number of nitrogens with two attached hydrogens (primary N) is 1. The number of anilines is 1. The van der Waals surface area contributed by atoms with Gasteiger partial charge in [0.15, 0.2) is 0 Å². The average Bonchev–Trinajstić information content (AvgIpc) is 2.31. The third-order valence-electron chi connectivity index (χ3n) is 3.05. The number of carbonyl (C=O) groups is 2. The van der Waals surface area contributed by atoms with E-state index in [-0.39, 0.29) is 11.8 Å². The topological polar surface area (TPSA) is 63.4 Å². The summed E-state index contributed by atoms with van der Waals surface area (Å²) < 4.78 is 1.02. The zero-order valence-corrected chi connectivity index (χ0v) is 11.6. The van der Waals surface area contributed by atoms with Crippen molar-refractivity contribution in [1.82, 2.24) is 0 Å². The second-order valence-corrected chi connectivity index (χ2v) is 5.30. The fourth-order valence-corrected chi connectivity index (χ4v) is 2.59. The first-order valence-electron chi connectivity index (χ1n) is 5.95. The number of fused-ring (bicyclic) bond motifs is 1. The van der Waals surface area contributed by atoms with Crippen LogP contribution < -0.4 is 10.6 Å². The van der Waals surface area contributed by atoms with E-state index < -0.39 is 0 Å². The molecule has 2 N–H and O–H groups in total. The Kier molecular flexibility index (Phi) is 4.01. The first kappa shape index (κ1) is 13.1. The molecule has 1 aliphatic heterocycles. The summed E-state index contributed by atoms with van der Waals surface area (Å²) in [6, 6.07) is 5.92. The van der Waals surface area contributed by atoms with Crippen LogP contribution >= 0.6 is 15.9 Å². The van der Waals surface area contributed by atoms with E-state index in [0.29, 0.717) is 25.8 Å². The molecule has 0 aliphatic carbocycles. The van der Waals surface area contributed by atoms with Gasteiger partial charge in [-0.3, -0.25) is 9.59 Å². The van der Waals surface area contributed by atoms with Gasteiger partial charge >= 0.3 is 0 Å². The number of carbonyl (C=O) groups excluding carboxylic acids is 2. The minimum atomic E-state index is -0.324. The predicted octanol–water partition coefficient (Wildman–Crippen LogP) is 1.99. The van der Waals surface area contributed by atoms with Crippen LogP contribution in [0.1, 0.15) is 24.8 Å². The molecule has 0 saturated carbocycles. The van der Waals surface area contributed by atoms with Gasteiger partial charge in [-0.2, -0.15) is 0 Å². The maximum atomic E-state index is 11.9. The van der Waals surface area contributed by atoms with Crippen molar-refractivity contribution in [3.63, 3.8) is 0 Å². The van der Waals surface area contributed by atoms with Crippen LogP contribution in [0.2, 0.25) is 0 Å². The molecule has 96 valence electrons. The minimum absolute atomic E-state index is 0.120. The molecule has 0 fully saturated rings. The van der Waals surface area contributed by atoms with Crippen LogP contribution in [0.25, 0.3) is 0 Å². The molecule has 2 rings (SSSR count). The van der Waals surface area contributed by atoms with E-state index in [0.717, 1.165) is 16.6 Å². The SMILES string of the molecule is NC(=O)CCCN1C(=O)CCc2cc(Br)ccc21. The molecule has 5 heteroatoms. The van der Waals surface area contributed by atoms with Crippen molar-refractivity contribution < 1.29 is 9.59 Å². The first-order chi connectivity index (χ1) is 8.58. The van der Waals surface area contributed by atoms with Crippen molar-refractivity contribution in [2.24, 2.45) is 5.73 Å². The van der Waals surface area contributed by atoms with Gasteiger partial charge in [0.2, 0.25) is 11.8 Å². The van der Waals surface area contributed by atoms with Crippen molar-refractivity contribution in [3.05, 3.63) is 28.2 Å². The Labute approximate surface area is 114 Å². The molecule has 0 atom stereocenters. The van der Waals surface area contributed by atoms with Crippen LogP contribution in [0.4, 0.5) is 5.69 Å². The second kappa shape index (κ2) is 5.52. The van der Waals surface area contributed by atoms with E-state index in [1.165, 1.54) is 5.56 Å². The van der Waals surface area contributed by atoms with Crippen LogP contribution in [0, 0.1) is 0 Å². The second-order valence-electron chi connectivity index (χ2n) is 4.39. The number of hydrogen-bond donors (Lipinski definition) is 1. The van der Waals surface area contributed by atoms with Gasteiger partial charge in [-0.05, 0) is 36.6 Å². The van der Waals surface area contributed by atoms with Gasteiger partial charge in [0.05, 0.1) is 0 Å². The average molecular weight is 311 g/mol. The van der Waals surface area contributed by atoms with Crippen LogP contribution in [0.3, 0.4) is 0 Å². The van der Waals surface area contributed by atoms with E-state index in [4.69, 9.17) is 5.73 Å². The molecule has 1 aliphatic rings. The summed E-state index contributed by atoms with van der Waals surface area (Å²) in [6.07, 6.45) is 2.23. The lowest BCUT2D eigenvalue weighted by atomic mass is 10.0. The number of halogens is 1. The molecule has 18 heavy (non-hydrogen) atoms. The van der Waals surface area contributed by atoms with Crippen molar-refractivity contribution >= 4 is 33.4 Å². The predicted molar refractivity (Wildman–Crippen MR) is 73.2 cm³/mol. The lowest BCUT2D eigenvalue weighted by molar-refractivity contribution is -0.120. The van der Waals surface area contributed by atoms with Crippen LogP contribution in [0.15, 0.2) is 22.7 Å². The first-order valence-corrected chi connectivity index (χ1v) is 6.74. The van der Waals surface area contributed by atoms with E-state index >= 15 is 0 Å². The van der Waals surface area contributed by atoms with E-state index in [9.17, 15) is 9.59 Å². The summed E-state index contributed by atoms with van der Waals surface area (Å²) in [5.41, 5.74) is 7.24. The molecule has 0 unspecified atom stereocenters. The Hall–Kier alpha value is -1.36. The third kappa shape index (κ3) is 2.90. The minimum Gasteiger partial charge on any atom is -0.370 e. The molecular formula is C13H15BrN2O2. The summed E-state index contributed by atoms with van der Waals surface area (Å²) in [5, 5.41) is 0. The fraction of sp³-hybridized carbons (Fsp3) is 0.385. The standard InChI is InChI=1S/C13H15BrN2O2/c14-10-4-5-11-9(8-10)3-6-13(18)16(11)7-1-2-12(15)17/h4-5,8H,1-3,6-7H2,(H2,15,17). The molecule has 2 amide bonds. The normalized spacial score (nSPS) is 14.5. The fourth-order valence-electron chi connectivity index (χ4n) is 2.19. The molecular weight excluding hydrogens is 296 g/mol. The summed E-state index contributed by atoms with van der Waals surface area (Å²) in [7, 11) is 0. The highest BCUT2D eigenvalue weighted by molar-refractivity contribution is 9.10. The Morgan fingerprint density at radius 3 is 2.89 bits per heavy atom. The number of aryl methyl sites for hydroxylation is 1. The lowest BCUT2D eigenvalue weighted by Crippen LogP contribution is -2.36. The van der Waals surface area contributed by atoms with Gasteiger partial charge in [0, 0.05) is 29.5 Å². The number of rotatable bonds is 4. The quantitative estimate of drug-likeness (QED) is 0.924. The number of nitrogens with zero attached hydrogens (tertiary/aromatic N) is 1. The van der Waals surface area contributed by atoms with Crippen molar-refractivity contribution in [3.8, 4) is 0 Å². The highest BCUT2D eigenvalue weighted by Gasteiger charge is 2.23. The molecule has 1 aromatic carbocycles. The smallest absolute Gasteiger partial charge is 0.227 e. The van der Waals surface area contributed by atoms with Crippen molar-refractivity contribution in [2.75, 3.05) is 11.4 Å². The summed E-state index contributed by atoms with van der Waals surface area (Å²) in [4.78, 5) is 24.4. The Morgan fingerprint density at radius 1 is 1.39 bits per heavy atom. The highest BCUT2D eigenvalue weighted by atomic mass is 79.9. The summed E-state index contributed by atoms with van der Waals surface area (Å²) in [5.74, 6) is -0.204. The van der Waals surface area contributed by atoms with Crippen LogP contribution in [-0.4, -0.2) is 18.4 Å². The Morgan fingerprint density at radius 2 is 2.17 bits per heavy atom. The van der Waals surface area contributed by atoms with E-state index in [2.05, 4.69) is 15.9 Å². The number of benzene rings is 1. The third-order valence-corrected chi connectivity index (χ3v) is 3.54. The van der Waals surface area contributed by atoms with Gasteiger partial charge < -0.3 is 10.6 Å². The maximum absolute atomic E-state index is 11.9. The van der Waals surface area contributed by atoms with Gasteiger partial charge in [-0.15, -0.1) is 0 Å². The number of primary amides is 1. The monoisotopic (exact) mass is 310 g/mol. The zero-order valence-electron chi connectivity index (χ0n) is 9.99. The van der Waals surface area contributed by atoms with Crippen molar-refractivity contribution in [1.29, 1.82) is 0 Å². The lowest BCUT2D eigenvalue weighted by Gasteiger charge is -2.29. The van der Waals surface area contributed by atoms with E-state index in [1.807, 2.05) is 18.2 Å². The summed E-state index contributed by atoms with van der Waals surface area (Å²) in [6.45, 7) is 0.552. The molecule has 0 spiro atoms. The van der Waals surface area contributed by atoms with Gasteiger partial charge in [-0.1, -0.05) is 15.9 Å². The number of amides is 2. The highest BCUT2D eigenvalue weighted by Crippen LogP contribution is 2.30. The van der Waals surface area contributed by atoms with E-state index in [1.54, 1.807) is 4.90 Å². The van der Waals surface area contributed by atoms with Gasteiger partial charge in [0.1, 0.15) is 0 Å². The van der Waals surface area contributed by atoms with Crippen molar-refractivity contribution in [2.45, 2.75) is 25.7 Å². The molecule has 1 aromatic rings. The zero-order chi connectivity index (χ0) is 13.1. The van der Waals surface area contributed by atoms with Crippen LogP contribution in [0.5, 0.6) is 0 Å². The Balaban J connectivity index is 2.15. The largest absolute Gasteiger partial charge is 0.370 e. The van der Waals surface area contributed by atoms with Gasteiger partial charge in [-0.25, -0.2) is 0 Å². The Bertz CT molecular complexity index is 488. The molecule has 0 bridgehead atoms. The molecule has 0 aromatic heterocycles. The maximum Gasteiger partial charge on any atom is 0.227 e.